The van der Waals surface area contributed by atoms with Gasteiger partial charge in [-0.15, -0.1) is 0 Å². The first-order chi connectivity index (χ1) is 6.45. The van der Waals surface area contributed by atoms with Gasteiger partial charge in [-0.1, -0.05) is 0 Å². The highest BCUT2D eigenvalue weighted by molar-refractivity contribution is 5.09. The molecule has 0 aromatic carbocycles. The summed E-state index contributed by atoms with van der Waals surface area (Å²) in [4.78, 5) is 3.99. The summed E-state index contributed by atoms with van der Waals surface area (Å²) in [5.41, 5.74) is 1.37. The summed E-state index contributed by atoms with van der Waals surface area (Å²) in [5.74, 6) is 0.984. The van der Waals surface area contributed by atoms with Gasteiger partial charge in [-0.05, 0) is 56.0 Å². The third-order valence-corrected chi connectivity index (χ3v) is 2.47. The van der Waals surface area contributed by atoms with Crippen LogP contribution in [-0.4, -0.2) is 18.1 Å². The van der Waals surface area contributed by atoms with Crippen molar-refractivity contribution in [2.45, 2.75) is 19.3 Å². The van der Waals surface area contributed by atoms with E-state index in [1.807, 2.05) is 12.4 Å². The molecule has 0 bridgehead atoms. The monoisotopic (exact) mass is 176 g/mol. The van der Waals surface area contributed by atoms with Crippen LogP contribution in [0.1, 0.15) is 18.4 Å². The third kappa shape index (κ3) is 3.15. The molecule has 0 amide bonds. The lowest BCUT2D eigenvalue weighted by Gasteiger charge is -2.02. The van der Waals surface area contributed by atoms with Crippen LogP contribution in [0.4, 0.5) is 0 Å². The Morgan fingerprint density at radius 2 is 2.08 bits per heavy atom. The van der Waals surface area contributed by atoms with Gasteiger partial charge in [0.05, 0.1) is 0 Å². The minimum Gasteiger partial charge on any atom is -0.316 e. The molecule has 0 spiro atoms. The number of nitrogens with zero attached hydrogens (tertiary/aromatic N) is 1. The van der Waals surface area contributed by atoms with Gasteiger partial charge in [-0.3, -0.25) is 4.98 Å². The maximum absolute atomic E-state index is 3.99. The highest BCUT2D eigenvalue weighted by Crippen LogP contribution is 2.27. The first-order valence-corrected chi connectivity index (χ1v) is 5.05. The Balaban J connectivity index is 1.61. The molecule has 2 rings (SSSR count). The molecule has 1 aromatic heterocycles. The number of hydrogen-bond donors (Lipinski definition) is 1. The van der Waals surface area contributed by atoms with Crippen LogP contribution in [0.25, 0.3) is 0 Å². The molecule has 2 heteroatoms. The highest BCUT2D eigenvalue weighted by atomic mass is 14.9. The second-order valence-electron chi connectivity index (χ2n) is 3.75. The highest BCUT2D eigenvalue weighted by Gasteiger charge is 2.19. The van der Waals surface area contributed by atoms with Gasteiger partial charge in [0.15, 0.2) is 0 Å². The molecule has 0 saturated heterocycles. The van der Waals surface area contributed by atoms with Crippen LogP contribution in [-0.2, 0) is 6.42 Å². The van der Waals surface area contributed by atoms with Crippen molar-refractivity contribution in [3.8, 4) is 0 Å². The molecule has 2 nitrogen and oxygen atoms in total. The van der Waals surface area contributed by atoms with Crippen molar-refractivity contribution in [2.24, 2.45) is 5.92 Å². The molecule has 13 heavy (non-hydrogen) atoms. The van der Waals surface area contributed by atoms with Crippen molar-refractivity contribution < 1.29 is 0 Å². The molecular weight excluding hydrogens is 160 g/mol. The number of hydrogen-bond acceptors (Lipinski definition) is 2. The summed E-state index contributed by atoms with van der Waals surface area (Å²) in [5, 5.41) is 3.48. The molecule has 0 radical (unpaired) electrons. The van der Waals surface area contributed by atoms with Crippen molar-refractivity contribution in [3.63, 3.8) is 0 Å². The van der Waals surface area contributed by atoms with Crippen LogP contribution in [0.5, 0.6) is 0 Å². The fourth-order valence-electron chi connectivity index (χ4n) is 1.41. The molecule has 1 aliphatic carbocycles. The zero-order valence-corrected chi connectivity index (χ0v) is 7.87. The Labute approximate surface area is 79.4 Å². The lowest BCUT2D eigenvalue weighted by Crippen LogP contribution is -2.19. The van der Waals surface area contributed by atoms with Gasteiger partial charge >= 0.3 is 0 Å². The average Bonchev–Trinajstić information content (AvgIpc) is 2.98. The van der Waals surface area contributed by atoms with Crippen molar-refractivity contribution in [1.82, 2.24) is 10.3 Å². The first kappa shape index (κ1) is 8.70. The second-order valence-corrected chi connectivity index (χ2v) is 3.75. The van der Waals surface area contributed by atoms with Crippen molar-refractivity contribution in [3.05, 3.63) is 30.1 Å². The number of pyridine rings is 1. The molecule has 1 N–H and O–H groups in total. The summed E-state index contributed by atoms with van der Waals surface area (Å²) in [6.07, 6.45) is 7.70. The minimum atomic E-state index is 0.984. The lowest BCUT2D eigenvalue weighted by atomic mass is 10.2. The molecule has 0 atom stereocenters. The summed E-state index contributed by atoms with van der Waals surface area (Å²) in [6, 6.07) is 4.16. The van der Waals surface area contributed by atoms with E-state index < -0.39 is 0 Å². The molecule has 0 aliphatic heterocycles. The summed E-state index contributed by atoms with van der Waals surface area (Å²) in [6.45, 7) is 2.31. The normalized spacial score (nSPS) is 16.0. The summed E-state index contributed by atoms with van der Waals surface area (Å²) < 4.78 is 0. The van der Waals surface area contributed by atoms with Crippen molar-refractivity contribution in [1.29, 1.82) is 0 Å². The van der Waals surface area contributed by atoms with E-state index in [1.165, 1.54) is 24.9 Å². The fraction of sp³-hybridized carbons (Fsp3) is 0.545. The molecule has 1 aromatic rings. The van der Waals surface area contributed by atoms with Crippen LogP contribution >= 0.6 is 0 Å². The maximum Gasteiger partial charge on any atom is 0.0270 e. The number of aromatic nitrogens is 1. The molecule has 1 aliphatic rings. The van der Waals surface area contributed by atoms with E-state index in [1.54, 1.807) is 0 Å². The Bertz CT molecular complexity index is 242. The lowest BCUT2D eigenvalue weighted by molar-refractivity contribution is 0.637. The largest absolute Gasteiger partial charge is 0.316 e. The second kappa shape index (κ2) is 4.38. The topological polar surface area (TPSA) is 24.9 Å². The average molecular weight is 176 g/mol. The Morgan fingerprint density at radius 1 is 1.31 bits per heavy atom. The molecule has 1 saturated carbocycles. The predicted octanol–water partition coefficient (Wildman–Crippen LogP) is 1.62. The Kier molecular flexibility index (Phi) is 2.93. The van der Waals surface area contributed by atoms with Crippen molar-refractivity contribution >= 4 is 0 Å². The van der Waals surface area contributed by atoms with E-state index in [2.05, 4.69) is 22.4 Å². The summed E-state index contributed by atoms with van der Waals surface area (Å²) in [7, 11) is 0. The molecule has 0 unspecified atom stereocenters. The van der Waals surface area contributed by atoms with Crippen molar-refractivity contribution in [2.75, 3.05) is 13.1 Å². The molecule has 1 heterocycles. The van der Waals surface area contributed by atoms with Gasteiger partial charge < -0.3 is 5.32 Å². The van der Waals surface area contributed by atoms with E-state index in [-0.39, 0.29) is 0 Å². The number of rotatable bonds is 5. The van der Waals surface area contributed by atoms with Crippen LogP contribution in [0.15, 0.2) is 24.5 Å². The predicted molar refractivity (Wildman–Crippen MR) is 53.5 cm³/mol. The van der Waals surface area contributed by atoms with Gasteiger partial charge in [0, 0.05) is 12.4 Å². The van der Waals surface area contributed by atoms with Gasteiger partial charge in [-0.2, -0.15) is 0 Å². The number of nitrogens with one attached hydrogen (secondary N) is 1. The Hall–Kier alpha value is -0.890. The van der Waals surface area contributed by atoms with Crippen LogP contribution in [0, 0.1) is 5.92 Å². The zero-order chi connectivity index (χ0) is 8.93. The first-order valence-electron chi connectivity index (χ1n) is 5.05. The molecule has 1 fully saturated rings. The fourth-order valence-corrected chi connectivity index (χ4v) is 1.41. The van der Waals surface area contributed by atoms with Gasteiger partial charge in [0.25, 0.3) is 0 Å². The molecule has 70 valence electrons. The summed E-state index contributed by atoms with van der Waals surface area (Å²) >= 11 is 0. The minimum absolute atomic E-state index is 0.984. The van der Waals surface area contributed by atoms with Crippen LogP contribution in [0.3, 0.4) is 0 Å². The van der Waals surface area contributed by atoms with E-state index in [4.69, 9.17) is 0 Å². The third-order valence-electron chi connectivity index (χ3n) is 2.47. The maximum atomic E-state index is 3.99. The smallest absolute Gasteiger partial charge is 0.0270 e. The van der Waals surface area contributed by atoms with E-state index >= 15 is 0 Å². The van der Waals surface area contributed by atoms with E-state index in [0.717, 1.165) is 18.9 Å². The molecular formula is C11H16N2. The zero-order valence-electron chi connectivity index (χ0n) is 7.87. The van der Waals surface area contributed by atoms with Crippen LogP contribution in [0.2, 0.25) is 0 Å². The van der Waals surface area contributed by atoms with Gasteiger partial charge in [0.2, 0.25) is 0 Å². The standard InChI is InChI=1S/C11H16N2/c1-2-11(1)9-13-8-5-10-3-6-12-7-4-10/h3-4,6-7,11,13H,1-2,5,8-9H2. The van der Waals surface area contributed by atoms with Gasteiger partial charge in [0.1, 0.15) is 0 Å². The Morgan fingerprint density at radius 3 is 2.77 bits per heavy atom. The SMILES string of the molecule is c1cc(CCNCC2CC2)ccn1. The van der Waals surface area contributed by atoms with Crippen LogP contribution < -0.4 is 5.32 Å². The van der Waals surface area contributed by atoms with Gasteiger partial charge in [-0.25, -0.2) is 0 Å². The van der Waals surface area contributed by atoms with E-state index in [0.29, 0.717) is 0 Å². The van der Waals surface area contributed by atoms with E-state index in [9.17, 15) is 0 Å². The quantitative estimate of drug-likeness (QED) is 0.690.